The van der Waals surface area contributed by atoms with Gasteiger partial charge in [-0.15, -0.1) is 0 Å². The third-order valence-electron chi connectivity index (χ3n) is 3.09. The van der Waals surface area contributed by atoms with Crippen molar-refractivity contribution in [3.05, 3.63) is 28.3 Å². The number of ether oxygens (including phenoxy) is 1. The van der Waals surface area contributed by atoms with Crippen molar-refractivity contribution in [1.29, 1.82) is 0 Å². The summed E-state index contributed by atoms with van der Waals surface area (Å²) in [6, 6.07) is 0. The molecule has 2 aromatic rings. The Hall–Kier alpha value is -2.16. The lowest BCUT2D eigenvalue weighted by Gasteiger charge is -2.08. The molecule has 0 saturated carbocycles. The third-order valence-corrected chi connectivity index (χ3v) is 3.87. The number of amides is 1. The van der Waals surface area contributed by atoms with E-state index in [1.807, 2.05) is 13.8 Å². The van der Waals surface area contributed by atoms with Crippen molar-refractivity contribution in [1.82, 2.24) is 19.6 Å². The molecule has 130 valence electrons. The van der Waals surface area contributed by atoms with Crippen LogP contribution in [0.4, 0.5) is 5.69 Å². The lowest BCUT2D eigenvalue weighted by atomic mass is 10.3. The molecule has 2 heterocycles. The fourth-order valence-electron chi connectivity index (χ4n) is 2.01. The Morgan fingerprint density at radius 2 is 2.00 bits per heavy atom. The Kier molecular flexibility index (Phi) is 5.76. The molecular weight excluding hydrogens is 378 g/mol. The Morgan fingerprint density at radius 1 is 1.29 bits per heavy atom. The number of nitrogens with zero attached hydrogens (tertiary/aromatic N) is 4. The molecule has 2 rings (SSSR count). The molecule has 0 radical (unpaired) electrons. The minimum Gasteiger partial charge on any atom is -0.458 e. The SMILES string of the molecule is CCn1cc(NC(=O)Cn2cc(Br)c(C)n2)c(C(=O)OC(C)C)n1. The Labute approximate surface area is 148 Å². The van der Waals surface area contributed by atoms with Crippen LogP contribution in [0.3, 0.4) is 0 Å². The normalized spacial score (nSPS) is 10.9. The molecule has 1 N–H and O–H groups in total. The van der Waals surface area contributed by atoms with Gasteiger partial charge in [-0.2, -0.15) is 10.2 Å². The van der Waals surface area contributed by atoms with E-state index in [0.29, 0.717) is 12.2 Å². The largest absolute Gasteiger partial charge is 0.458 e. The smallest absolute Gasteiger partial charge is 0.361 e. The van der Waals surface area contributed by atoms with E-state index in [2.05, 4.69) is 31.4 Å². The summed E-state index contributed by atoms with van der Waals surface area (Å²) in [6.07, 6.45) is 3.06. The fraction of sp³-hybridized carbons (Fsp3) is 0.467. The van der Waals surface area contributed by atoms with Crippen molar-refractivity contribution in [2.24, 2.45) is 0 Å². The maximum absolute atomic E-state index is 12.2. The second-order valence-corrected chi connectivity index (χ2v) is 6.36. The Bertz CT molecular complexity index is 731. The first-order valence-electron chi connectivity index (χ1n) is 7.58. The number of carbonyl (C=O) groups excluding carboxylic acids is 2. The van der Waals surface area contributed by atoms with Gasteiger partial charge in [0.25, 0.3) is 0 Å². The molecule has 24 heavy (non-hydrogen) atoms. The van der Waals surface area contributed by atoms with Crippen molar-refractivity contribution in [3.63, 3.8) is 0 Å². The van der Waals surface area contributed by atoms with Crippen LogP contribution in [0.15, 0.2) is 16.9 Å². The summed E-state index contributed by atoms with van der Waals surface area (Å²) < 4.78 is 9.08. The molecule has 2 aromatic heterocycles. The molecule has 9 heteroatoms. The van der Waals surface area contributed by atoms with Gasteiger partial charge < -0.3 is 10.1 Å². The summed E-state index contributed by atoms with van der Waals surface area (Å²) in [7, 11) is 0. The first-order valence-corrected chi connectivity index (χ1v) is 8.37. The van der Waals surface area contributed by atoms with Crippen LogP contribution in [0, 0.1) is 6.92 Å². The zero-order valence-corrected chi connectivity index (χ0v) is 15.6. The number of anilines is 1. The summed E-state index contributed by atoms with van der Waals surface area (Å²) >= 11 is 3.35. The first-order chi connectivity index (χ1) is 11.3. The number of hydrogen-bond donors (Lipinski definition) is 1. The van der Waals surface area contributed by atoms with Crippen molar-refractivity contribution in [3.8, 4) is 0 Å². The average Bonchev–Trinajstić information content (AvgIpc) is 3.02. The van der Waals surface area contributed by atoms with Gasteiger partial charge in [-0.3, -0.25) is 14.2 Å². The van der Waals surface area contributed by atoms with Gasteiger partial charge in [0.05, 0.1) is 22.0 Å². The molecule has 0 aromatic carbocycles. The fourth-order valence-corrected chi connectivity index (χ4v) is 2.32. The summed E-state index contributed by atoms with van der Waals surface area (Å²) in [5.41, 5.74) is 1.22. The number of nitrogens with one attached hydrogen (secondary N) is 1. The van der Waals surface area contributed by atoms with Crippen molar-refractivity contribution in [2.45, 2.75) is 46.9 Å². The lowest BCUT2D eigenvalue weighted by Crippen LogP contribution is -2.21. The van der Waals surface area contributed by atoms with E-state index in [0.717, 1.165) is 10.2 Å². The van der Waals surface area contributed by atoms with Crippen LogP contribution in [0.25, 0.3) is 0 Å². The highest BCUT2D eigenvalue weighted by atomic mass is 79.9. The molecular formula is C15H20BrN5O3. The number of halogens is 1. The van der Waals surface area contributed by atoms with Crippen molar-refractivity contribution >= 4 is 33.5 Å². The average molecular weight is 398 g/mol. The predicted octanol–water partition coefficient (Wildman–Crippen LogP) is 2.37. The second kappa shape index (κ2) is 7.61. The lowest BCUT2D eigenvalue weighted by molar-refractivity contribution is -0.116. The molecule has 0 spiro atoms. The van der Waals surface area contributed by atoms with Crippen LogP contribution in [-0.4, -0.2) is 37.5 Å². The van der Waals surface area contributed by atoms with E-state index < -0.39 is 5.97 Å². The molecule has 0 atom stereocenters. The van der Waals surface area contributed by atoms with Crippen LogP contribution in [-0.2, 0) is 22.6 Å². The maximum Gasteiger partial charge on any atom is 0.361 e. The third kappa shape index (κ3) is 4.44. The van der Waals surface area contributed by atoms with Gasteiger partial charge in [-0.05, 0) is 43.6 Å². The van der Waals surface area contributed by atoms with E-state index in [1.54, 1.807) is 30.9 Å². The van der Waals surface area contributed by atoms with Gasteiger partial charge in [-0.25, -0.2) is 4.79 Å². The molecule has 1 amide bonds. The zero-order chi connectivity index (χ0) is 17.9. The van der Waals surface area contributed by atoms with Crippen molar-refractivity contribution < 1.29 is 14.3 Å². The molecule has 0 aliphatic carbocycles. The van der Waals surface area contributed by atoms with E-state index in [4.69, 9.17) is 4.74 Å². The highest BCUT2D eigenvalue weighted by Gasteiger charge is 2.21. The minimum absolute atomic E-state index is 0.0302. The van der Waals surface area contributed by atoms with Crippen LogP contribution in [0.1, 0.15) is 37.0 Å². The molecule has 8 nitrogen and oxygen atoms in total. The molecule has 0 aliphatic heterocycles. The van der Waals surface area contributed by atoms with Crippen LogP contribution >= 0.6 is 15.9 Å². The molecule has 0 aliphatic rings. The van der Waals surface area contributed by atoms with Crippen LogP contribution in [0.5, 0.6) is 0 Å². The Morgan fingerprint density at radius 3 is 2.54 bits per heavy atom. The van der Waals surface area contributed by atoms with Crippen molar-refractivity contribution in [2.75, 3.05) is 5.32 Å². The number of hydrogen-bond acceptors (Lipinski definition) is 5. The monoisotopic (exact) mass is 397 g/mol. The molecule has 0 saturated heterocycles. The van der Waals surface area contributed by atoms with Crippen LogP contribution < -0.4 is 5.32 Å². The van der Waals surface area contributed by atoms with Gasteiger partial charge in [0.15, 0.2) is 5.69 Å². The summed E-state index contributed by atoms with van der Waals surface area (Å²) in [6.45, 7) is 7.84. The number of aryl methyl sites for hydroxylation is 2. The molecule has 0 fully saturated rings. The van der Waals surface area contributed by atoms with E-state index >= 15 is 0 Å². The van der Waals surface area contributed by atoms with Gasteiger partial charge in [0.2, 0.25) is 5.91 Å². The van der Waals surface area contributed by atoms with Crippen LogP contribution in [0.2, 0.25) is 0 Å². The summed E-state index contributed by atoms with van der Waals surface area (Å²) in [4.78, 5) is 24.3. The second-order valence-electron chi connectivity index (χ2n) is 5.51. The number of rotatable bonds is 6. The minimum atomic E-state index is -0.565. The van der Waals surface area contributed by atoms with Gasteiger partial charge >= 0.3 is 5.97 Å². The highest BCUT2D eigenvalue weighted by molar-refractivity contribution is 9.10. The summed E-state index contributed by atoms with van der Waals surface area (Å²) in [5, 5.41) is 11.1. The molecule has 0 unspecified atom stereocenters. The number of esters is 1. The highest BCUT2D eigenvalue weighted by Crippen LogP contribution is 2.17. The standard InChI is InChI=1S/C15H20BrN5O3/c1-5-20-7-12(14(19-20)15(23)24-9(2)3)17-13(22)8-21-6-11(16)10(4)18-21/h6-7,9H,5,8H2,1-4H3,(H,17,22). The quantitative estimate of drug-likeness (QED) is 0.755. The predicted molar refractivity (Wildman–Crippen MR) is 91.7 cm³/mol. The number of carbonyl (C=O) groups is 2. The van der Waals surface area contributed by atoms with E-state index in [-0.39, 0.29) is 24.2 Å². The number of aromatic nitrogens is 4. The molecule has 0 bridgehead atoms. The topological polar surface area (TPSA) is 91.0 Å². The first kappa shape index (κ1) is 18.2. The van der Waals surface area contributed by atoms with Gasteiger partial charge in [0, 0.05) is 18.9 Å². The Balaban J connectivity index is 2.14. The zero-order valence-electron chi connectivity index (χ0n) is 14.0. The van der Waals surface area contributed by atoms with E-state index in [1.165, 1.54) is 4.68 Å². The van der Waals surface area contributed by atoms with Gasteiger partial charge in [0.1, 0.15) is 6.54 Å². The van der Waals surface area contributed by atoms with E-state index in [9.17, 15) is 9.59 Å². The summed E-state index contributed by atoms with van der Waals surface area (Å²) in [5.74, 6) is -0.871. The van der Waals surface area contributed by atoms with Gasteiger partial charge in [-0.1, -0.05) is 0 Å². The maximum atomic E-state index is 12.2.